The molecule has 0 aliphatic carbocycles. The third-order valence-corrected chi connectivity index (χ3v) is 5.64. The van der Waals surface area contributed by atoms with E-state index in [2.05, 4.69) is 19.7 Å². The number of carbonyl (C=O) groups is 1. The third-order valence-electron chi connectivity index (χ3n) is 5.64. The first-order chi connectivity index (χ1) is 12.3. The molecule has 3 rings (SSSR count). The number of rotatable bonds is 3. The molecule has 2 aliphatic heterocycles. The molecule has 7 nitrogen and oxygen atoms in total. The Labute approximate surface area is 156 Å². The Morgan fingerprint density at radius 3 is 2.50 bits per heavy atom. The van der Waals surface area contributed by atoms with Crippen LogP contribution in [-0.4, -0.2) is 67.9 Å². The molecular weight excluding hydrogens is 330 g/mol. The van der Waals surface area contributed by atoms with E-state index in [1.807, 2.05) is 32.7 Å². The summed E-state index contributed by atoms with van der Waals surface area (Å²) in [7, 11) is 2.04. The maximum absolute atomic E-state index is 12.6. The van der Waals surface area contributed by atoms with Gasteiger partial charge >= 0.3 is 0 Å². The molecule has 1 aromatic heterocycles. The van der Waals surface area contributed by atoms with Gasteiger partial charge in [0.2, 0.25) is 5.91 Å². The number of hydrogen-bond acceptors (Lipinski definition) is 5. The molecule has 1 amide bonds. The first-order valence-corrected chi connectivity index (χ1v) is 9.83. The Hall–Kier alpha value is -1.47. The largest absolute Gasteiger partial charge is 0.393 e. The van der Waals surface area contributed by atoms with Crippen LogP contribution in [-0.2, 0) is 18.4 Å². The number of hydrogen-bond donors (Lipinski definition) is 1. The van der Waals surface area contributed by atoms with Crippen molar-refractivity contribution < 1.29 is 9.90 Å². The van der Waals surface area contributed by atoms with Crippen LogP contribution >= 0.6 is 0 Å². The van der Waals surface area contributed by atoms with Crippen molar-refractivity contribution in [2.45, 2.75) is 65.0 Å². The van der Waals surface area contributed by atoms with Gasteiger partial charge in [0.05, 0.1) is 12.6 Å². The molecule has 2 saturated heterocycles. The van der Waals surface area contributed by atoms with Gasteiger partial charge in [-0.1, -0.05) is 20.8 Å². The second-order valence-electron chi connectivity index (χ2n) is 8.88. The molecule has 0 spiro atoms. The summed E-state index contributed by atoms with van der Waals surface area (Å²) in [4.78, 5) is 17.0. The lowest BCUT2D eigenvalue weighted by molar-refractivity contribution is -0.140. The highest BCUT2D eigenvalue weighted by molar-refractivity contribution is 5.81. The van der Waals surface area contributed by atoms with Crippen molar-refractivity contribution in [1.82, 2.24) is 24.6 Å². The van der Waals surface area contributed by atoms with Gasteiger partial charge in [0, 0.05) is 44.6 Å². The number of aliphatic hydroxyl groups excluding tert-OH is 1. The lowest BCUT2D eigenvalue weighted by Crippen LogP contribution is -2.45. The SMILES string of the molecule is Cn1c(CN2CCC(O)CC2)nnc1[C@@H]1CCCN(C(=O)C(C)(C)C)C1. The number of piperidine rings is 2. The Kier molecular flexibility index (Phi) is 5.67. The van der Waals surface area contributed by atoms with Crippen LogP contribution in [0.15, 0.2) is 0 Å². The van der Waals surface area contributed by atoms with Gasteiger partial charge in [-0.25, -0.2) is 0 Å². The summed E-state index contributed by atoms with van der Waals surface area (Å²) in [5, 5.41) is 18.6. The minimum atomic E-state index is -0.342. The summed E-state index contributed by atoms with van der Waals surface area (Å²) in [6.07, 6.45) is 3.57. The van der Waals surface area contributed by atoms with E-state index in [0.29, 0.717) is 0 Å². The van der Waals surface area contributed by atoms with Crippen LogP contribution in [0.25, 0.3) is 0 Å². The molecule has 0 saturated carbocycles. The van der Waals surface area contributed by atoms with E-state index in [0.717, 1.165) is 70.1 Å². The van der Waals surface area contributed by atoms with Crippen LogP contribution in [0.5, 0.6) is 0 Å². The van der Waals surface area contributed by atoms with Crippen molar-refractivity contribution in [1.29, 1.82) is 0 Å². The molecule has 26 heavy (non-hydrogen) atoms. The second-order valence-corrected chi connectivity index (χ2v) is 8.88. The third kappa shape index (κ3) is 4.26. The van der Waals surface area contributed by atoms with Crippen LogP contribution in [0.4, 0.5) is 0 Å². The molecule has 3 heterocycles. The van der Waals surface area contributed by atoms with Crippen molar-refractivity contribution >= 4 is 5.91 Å². The lowest BCUT2D eigenvalue weighted by atomic mass is 9.91. The Morgan fingerprint density at radius 1 is 1.15 bits per heavy atom. The van der Waals surface area contributed by atoms with Gasteiger partial charge in [-0.15, -0.1) is 10.2 Å². The van der Waals surface area contributed by atoms with Gasteiger partial charge in [-0.05, 0) is 25.7 Å². The van der Waals surface area contributed by atoms with Gasteiger partial charge in [-0.2, -0.15) is 0 Å². The van der Waals surface area contributed by atoms with Crippen LogP contribution < -0.4 is 0 Å². The molecule has 2 aliphatic rings. The van der Waals surface area contributed by atoms with Crippen molar-refractivity contribution in [2.75, 3.05) is 26.2 Å². The molecule has 7 heteroatoms. The number of amides is 1. The summed E-state index contributed by atoms with van der Waals surface area (Å²) >= 11 is 0. The van der Waals surface area contributed by atoms with E-state index < -0.39 is 0 Å². The molecular formula is C19H33N5O2. The number of aromatic nitrogens is 3. The summed E-state index contributed by atoms with van der Waals surface area (Å²) in [6.45, 7) is 10.1. The highest BCUT2D eigenvalue weighted by atomic mass is 16.3. The Morgan fingerprint density at radius 2 is 1.85 bits per heavy atom. The minimum absolute atomic E-state index is 0.158. The average Bonchev–Trinajstić information content (AvgIpc) is 2.96. The predicted molar refractivity (Wildman–Crippen MR) is 99.5 cm³/mol. The molecule has 1 atom stereocenters. The van der Waals surface area contributed by atoms with Crippen molar-refractivity contribution in [3.8, 4) is 0 Å². The zero-order valence-electron chi connectivity index (χ0n) is 16.6. The van der Waals surface area contributed by atoms with E-state index in [-0.39, 0.29) is 23.3 Å². The summed E-state index contributed by atoms with van der Waals surface area (Å²) in [6, 6.07) is 0. The number of likely N-dealkylation sites (tertiary alicyclic amines) is 2. The molecule has 0 unspecified atom stereocenters. The molecule has 146 valence electrons. The van der Waals surface area contributed by atoms with Gasteiger partial charge in [0.1, 0.15) is 11.6 Å². The monoisotopic (exact) mass is 363 g/mol. The fourth-order valence-electron chi connectivity index (χ4n) is 3.99. The highest BCUT2D eigenvalue weighted by Crippen LogP contribution is 2.29. The van der Waals surface area contributed by atoms with Crippen molar-refractivity contribution in [3.05, 3.63) is 11.6 Å². The topological polar surface area (TPSA) is 74.5 Å². The quantitative estimate of drug-likeness (QED) is 0.881. The molecule has 2 fully saturated rings. The summed E-state index contributed by atoms with van der Waals surface area (Å²) < 4.78 is 2.11. The fraction of sp³-hybridized carbons (Fsp3) is 0.842. The predicted octanol–water partition coefficient (Wildman–Crippen LogP) is 1.52. The normalized spacial score (nSPS) is 23.4. The Bertz CT molecular complexity index is 628. The fourth-order valence-corrected chi connectivity index (χ4v) is 3.99. The van der Waals surface area contributed by atoms with E-state index in [9.17, 15) is 9.90 Å². The van der Waals surface area contributed by atoms with Crippen molar-refractivity contribution in [2.24, 2.45) is 12.5 Å². The minimum Gasteiger partial charge on any atom is -0.393 e. The zero-order chi connectivity index (χ0) is 18.9. The van der Waals surface area contributed by atoms with Crippen LogP contribution in [0, 0.1) is 5.41 Å². The molecule has 0 bridgehead atoms. The van der Waals surface area contributed by atoms with Gasteiger partial charge in [0.25, 0.3) is 0 Å². The van der Waals surface area contributed by atoms with E-state index >= 15 is 0 Å². The second kappa shape index (κ2) is 7.64. The number of aliphatic hydroxyl groups is 1. The number of nitrogens with zero attached hydrogens (tertiary/aromatic N) is 5. The first kappa shape index (κ1) is 19.3. The molecule has 0 aromatic carbocycles. The van der Waals surface area contributed by atoms with Crippen LogP contribution in [0.3, 0.4) is 0 Å². The lowest BCUT2D eigenvalue weighted by Gasteiger charge is -2.36. The number of carbonyl (C=O) groups excluding carboxylic acids is 1. The first-order valence-electron chi connectivity index (χ1n) is 9.83. The van der Waals surface area contributed by atoms with Crippen LogP contribution in [0.2, 0.25) is 0 Å². The average molecular weight is 364 g/mol. The zero-order valence-corrected chi connectivity index (χ0v) is 16.6. The standard InChI is InChI=1S/C19H33N5O2/c1-19(2,3)18(26)24-9-5-6-14(12-24)17-21-20-16(22(17)4)13-23-10-7-15(25)8-11-23/h14-15,25H,5-13H2,1-4H3/t14-/m1/s1. The van der Waals surface area contributed by atoms with Gasteiger partial charge < -0.3 is 14.6 Å². The van der Waals surface area contributed by atoms with Gasteiger partial charge in [0.15, 0.2) is 0 Å². The highest BCUT2D eigenvalue weighted by Gasteiger charge is 2.33. The molecule has 1 aromatic rings. The van der Waals surface area contributed by atoms with Gasteiger partial charge in [-0.3, -0.25) is 9.69 Å². The van der Waals surface area contributed by atoms with E-state index in [4.69, 9.17) is 0 Å². The van der Waals surface area contributed by atoms with E-state index in [1.165, 1.54) is 0 Å². The van der Waals surface area contributed by atoms with Crippen LogP contribution in [0.1, 0.15) is 64.0 Å². The Balaban J connectivity index is 1.66. The summed E-state index contributed by atoms with van der Waals surface area (Å²) in [5.41, 5.74) is -0.342. The molecule has 1 N–H and O–H groups in total. The van der Waals surface area contributed by atoms with Crippen molar-refractivity contribution in [3.63, 3.8) is 0 Å². The van der Waals surface area contributed by atoms with E-state index in [1.54, 1.807) is 0 Å². The maximum atomic E-state index is 12.6. The molecule has 0 radical (unpaired) electrons. The maximum Gasteiger partial charge on any atom is 0.227 e. The smallest absolute Gasteiger partial charge is 0.227 e. The summed E-state index contributed by atoms with van der Waals surface area (Å²) in [5.74, 6) is 2.43.